The highest BCUT2D eigenvalue weighted by Crippen LogP contribution is 2.27. The van der Waals surface area contributed by atoms with E-state index in [1.165, 1.54) is 24.6 Å². The lowest BCUT2D eigenvalue weighted by Gasteiger charge is -2.07. The summed E-state index contributed by atoms with van der Waals surface area (Å²) in [4.78, 5) is 28.7. The van der Waals surface area contributed by atoms with Crippen LogP contribution in [-0.2, 0) is 4.74 Å². The fourth-order valence-corrected chi connectivity index (χ4v) is 3.74. The molecule has 0 bridgehead atoms. The van der Waals surface area contributed by atoms with E-state index < -0.39 is 11.6 Å². The highest BCUT2D eigenvalue weighted by molar-refractivity contribution is 7.11. The summed E-state index contributed by atoms with van der Waals surface area (Å²) in [5, 5.41) is 15.5. The van der Waals surface area contributed by atoms with E-state index in [-0.39, 0.29) is 5.57 Å². The van der Waals surface area contributed by atoms with Crippen LogP contribution in [0.4, 0.5) is 5.69 Å². The van der Waals surface area contributed by atoms with Gasteiger partial charge in [0.05, 0.1) is 29.6 Å². The van der Waals surface area contributed by atoms with Gasteiger partial charge in [-0.15, -0.1) is 11.3 Å². The third kappa shape index (κ3) is 4.08. The number of hydrogen-bond donors (Lipinski definition) is 1. The number of carbonyl (C=O) groups excluding carboxylic acids is 1. The molecule has 0 atom stereocenters. The number of rotatable bonds is 5. The van der Waals surface area contributed by atoms with Crippen molar-refractivity contribution in [2.24, 2.45) is 0 Å². The molecule has 0 unspecified atom stereocenters. The van der Waals surface area contributed by atoms with Crippen molar-refractivity contribution in [1.82, 2.24) is 4.98 Å². The summed E-state index contributed by atoms with van der Waals surface area (Å²) in [6.45, 7) is 0. The lowest BCUT2D eigenvalue weighted by Crippen LogP contribution is -2.05. The van der Waals surface area contributed by atoms with Gasteiger partial charge in [-0.2, -0.15) is 5.26 Å². The monoisotopic (exact) mass is 429 g/mol. The molecule has 0 amide bonds. The minimum atomic E-state index is -0.497. The summed E-state index contributed by atoms with van der Waals surface area (Å²) in [6.07, 6.45) is 1.47. The Bertz CT molecular complexity index is 1410. The number of benzene rings is 2. The van der Waals surface area contributed by atoms with E-state index in [4.69, 9.17) is 9.15 Å². The Morgan fingerprint density at radius 3 is 2.81 bits per heavy atom. The van der Waals surface area contributed by atoms with E-state index in [9.17, 15) is 14.9 Å². The molecule has 0 aliphatic rings. The summed E-state index contributed by atoms with van der Waals surface area (Å²) in [5.74, 6) is -0.491. The standard InChI is InChI=1S/C23H15N3O4S/c1-29-22(27)16-7-3-4-8-18(16)25-12-15(11-24)21-26-19(13-31-21)17-10-14-6-2-5-9-20(14)30-23(17)28/h2-10,12-13,25H,1H3/b15-12+. The van der Waals surface area contributed by atoms with E-state index in [2.05, 4.69) is 16.4 Å². The SMILES string of the molecule is COC(=O)c1ccccc1N/C=C(\C#N)c1nc(-c2cc3ccccc3oc2=O)cs1. The normalized spacial score (nSPS) is 11.2. The van der Waals surface area contributed by atoms with Crippen LogP contribution in [0, 0.1) is 11.3 Å². The zero-order valence-electron chi connectivity index (χ0n) is 16.3. The van der Waals surface area contributed by atoms with Crippen LogP contribution in [0.25, 0.3) is 27.8 Å². The molecule has 4 rings (SSSR count). The predicted molar refractivity (Wildman–Crippen MR) is 119 cm³/mol. The van der Waals surface area contributed by atoms with Crippen LogP contribution in [0.3, 0.4) is 0 Å². The molecule has 2 aromatic heterocycles. The third-order valence-electron chi connectivity index (χ3n) is 4.48. The van der Waals surface area contributed by atoms with Gasteiger partial charge in [-0.3, -0.25) is 0 Å². The number of anilines is 1. The maximum Gasteiger partial charge on any atom is 0.345 e. The minimum Gasteiger partial charge on any atom is -0.465 e. The van der Waals surface area contributed by atoms with E-state index in [1.54, 1.807) is 47.8 Å². The van der Waals surface area contributed by atoms with Crippen molar-refractivity contribution in [2.45, 2.75) is 0 Å². The number of nitrogens with zero attached hydrogens (tertiary/aromatic N) is 2. The number of carbonyl (C=O) groups is 1. The molecule has 2 aromatic carbocycles. The maximum atomic E-state index is 12.4. The van der Waals surface area contributed by atoms with Crippen molar-refractivity contribution >= 4 is 39.5 Å². The van der Waals surface area contributed by atoms with Gasteiger partial charge in [-0.05, 0) is 24.3 Å². The average Bonchev–Trinajstić information content (AvgIpc) is 3.28. The first kappa shape index (κ1) is 20.1. The number of fused-ring (bicyclic) bond motifs is 1. The van der Waals surface area contributed by atoms with Crippen molar-refractivity contribution in [2.75, 3.05) is 12.4 Å². The number of aromatic nitrogens is 1. The molecular formula is C23H15N3O4S. The molecule has 0 saturated heterocycles. The van der Waals surface area contributed by atoms with Crippen molar-refractivity contribution in [1.29, 1.82) is 5.26 Å². The number of thiazole rings is 1. The quantitative estimate of drug-likeness (QED) is 0.279. The first-order valence-corrected chi connectivity index (χ1v) is 10.0. The smallest absolute Gasteiger partial charge is 0.345 e. The van der Waals surface area contributed by atoms with Crippen LogP contribution >= 0.6 is 11.3 Å². The summed E-state index contributed by atoms with van der Waals surface area (Å²) in [5.41, 5.74) is 1.83. The molecule has 152 valence electrons. The minimum absolute atomic E-state index is 0.251. The Morgan fingerprint density at radius 1 is 1.23 bits per heavy atom. The second-order valence-corrected chi connectivity index (χ2v) is 7.23. The molecule has 0 aliphatic carbocycles. The Balaban J connectivity index is 1.66. The molecule has 1 N–H and O–H groups in total. The first-order chi connectivity index (χ1) is 15.1. The number of nitrogens with one attached hydrogen (secondary N) is 1. The lowest BCUT2D eigenvalue weighted by atomic mass is 10.1. The largest absolute Gasteiger partial charge is 0.465 e. The summed E-state index contributed by atoms with van der Waals surface area (Å²) >= 11 is 1.23. The second kappa shape index (κ2) is 8.65. The van der Waals surface area contributed by atoms with Crippen molar-refractivity contribution < 1.29 is 13.9 Å². The number of esters is 1. The van der Waals surface area contributed by atoms with Gasteiger partial charge in [0, 0.05) is 17.0 Å². The van der Waals surface area contributed by atoms with E-state index >= 15 is 0 Å². The molecule has 2 heterocycles. The molecular weight excluding hydrogens is 414 g/mol. The zero-order chi connectivity index (χ0) is 21.8. The number of methoxy groups -OCH3 is 1. The topological polar surface area (TPSA) is 105 Å². The van der Waals surface area contributed by atoms with Crippen LogP contribution in [0.5, 0.6) is 0 Å². The number of ether oxygens (including phenoxy) is 1. The van der Waals surface area contributed by atoms with Crippen LogP contribution in [-0.4, -0.2) is 18.1 Å². The van der Waals surface area contributed by atoms with E-state index in [0.717, 1.165) is 5.39 Å². The third-order valence-corrected chi connectivity index (χ3v) is 5.35. The van der Waals surface area contributed by atoms with Gasteiger partial charge in [0.15, 0.2) is 0 Å². The highest BCUT2D eigenvalue weighted by Gasteiger charge is 2.15. The molecule has 4 aromatic rings. The second-order valence-electron chi connectivity index (χ2n) is 6.37. The Morgan fingerprint density at radius 2 is 2.00 bits per heavy atom. The summed E-state index contributed by atoms with van der Waals surface area (Å²) in [7, 11) is 1.30. The van der Waals surface area contributed by atoms with Crippen LogP contribution in [0.15, 0.2) is 75.4 Å². The number of para-hydroxylation sites is 2. The lowest BCUT2D eigenvalue weighted by molar-refractivity contribution is 0.0602. The van der Waals surface area contributed by atoms with Gasteiger partial charge >= 0.3 is 11.6 Å². The van der Waals surface area contributed by atoms with Crippen molar-refractivity contribution in [3.63, 3.8) is 0 Å². The molecule has 8 heteroatoms. The Kier molecular flexibility index (Phi) is 5.60. The van der Waals surface area contributed by atoms with Gasteiger partial charge in [0.1, 0.15) is 22.2 Å². The first-order valence-electron chi connectivity index (χ1n) is 9.14. The van der Waals surface area contributed by atoms with E-state index in [1.807, 2.05) is 12.1 Å². The maximum absolute atomic E-state index is 12.4. The zero-order valence-corrected chi connectivity index (χ0v) is 17.1. The summed E-state index contributed by atoms with van der Waals surface area (Å²) < 4.78 is 10.1. The molecule has 31 heavy (non-hydrogen) atoms. The van der Waals surface area contributed by atoms with Crippen molar-refractivity contribution in [3.8, 4) is 17.3 Å². The Hall–Kier alpha value is -4.22. The fourth-order valence-electron chi connectivity index (χ4n) is 2.95. The number of hydrogen-bond acceptors (Lipinski definition) is 8. The Labute approximate surface area is 180 Å². The molecule has 0 spiro atoms. The molecule has 0 saturated carbocycles. The molecule has 7 nitrogen and oxygen atoms in total. The van der Waals surface area contributed by atoms with Crippen LogP contribution in [0.1, 0.15) is 15.4 Å². The van der Waals surface area contributed by atoms with Gasteiger partial charge in [0.2, 0.25) is 0 Å². The van der Waals surface area contributed by atoms with Gasteiger partial charge in [-0.1, -0.05) is 30.3 Å². The number of nitriles is 1. The average molecular weight is 429 g/mol. The predicted octanol–water partition coefficient (Wildman–Crippen LogP) is 4.68. The van der Waals surface area contributed by atoms with E-state index in [0.29, 0.717) is 33.1 Å². The molecule has 0 aliphatic heterocycles. The summed E-state index contributed by atoms with van der Waals surface area (Å²) in [6, 6.07) is 17.8. The molecule has 0 fully saturated rings. The van der Waals surface area contributed by atoms with Gasteiger partial charge in [-0.25, -0.2) is 14.6 Å². The molecule has 0 radical (unpaired) electrons. The number of allylic oxidation sites excluding steroid dienone is 1. The van der Waals surface area contributed by atoms with Gasteiger partial charge in [0.25, 0.3) is 0 Å². The van der Waals surface area contributed by atoms with Crippen molar-refractivity contribution in [3.05, 3.63) is 87.2 Å². The van der Waals surface area contributed by atoms with Crippen LogP contribution in [0.2, 0.25) is 0 Å². The van der Waals surface area contributed by atoms with Gasteiger partial charge < -0.3 is 14.5 Å². The van der Waals surface area contributed by atoms with Crippen LogP contribution < -0.4 is 10.9 Å². The fraction of sp³-hybridized carbons (Fsp3) is 0.0435. The highest BCUT2D eigenvalue weighted by atomic mass is 32.1.